The lowest BCUT2D eigenvalue weighted by molar-refractivity contribution is -0.135. The van der Waals surface area contributed by atoms with Crippen LogP contribution in [0.1, 0.15) is 28.1 Å². The Bertz CT molecular complexity index is 855. The molecule has 5 nitrogen and oxygen atoms in total. The quantitative estimate of drug-likeness (QED) is 0.738. The highest BCUT2D eigenvalue weighted by molar-refractivity contribution is 7.09. The Labute approximate surface area is 144 Å². The predicted molar refractivity (Wildman–Crippen MR) is 92.5 cm³/mol. The fourth-order valence-corrected chi connectivity index (χ4v) is 3.79. The molecule has 1 unspecified atom stereocenters. The van der Waals surface area contributed by atoms with E-state index in [2.05, 4.69) is 26.7 Å². The molecule has 0 aliphatic carbocycles. The summed E-state index contributed by atoms with van der Waals surface area (Å²) in [4.78, 5) is 23.7. The third-order valence-corrected chi connectivity index (χ3v) is 5.19. The van der Waals surface area contributed by atoms with Crippen LogP contribution in [0, 0.1) is 6.92 Å². The fourth-order valence-electron chi connectivity index (χ4n) is 3.17. The molecule has 0 saturated carbocycles. The van der Waals surface area contributed by atoms with E-state index in [0.29, 0.717) is 13.0 Å². The van der Waals surface area contributed by atoms with Crippen LogP contribution >= 0.6 is 11.3 Å². The van der Waals surface area contributed by atoms with Gasteiger partial charge in [0.25, 0.3) is 0 Å². The Morgan fingerprint density at radius 2 is 2.17 bits per heavy atom. The molecule has 0 bridgehead atoms. The van der Waals surface area contributed by atoms with Crippen molar-refractivity contribution in [2.75, 3.05) is 0 Å². The van der Waals surface area contributed by atoms with Crippen molar-refractivity contribution in [2.24, 2.45) is 0 Å². The summed E-state index contributed by atoms with van der Waals surface area (Å²) in [5.74, 6) is 1.04. The number of imidazole rings is 1. The molecule has 1 amide bonds. The first kappa shape index (κ1) is 15.1. The number of benzene rings is 1. The summed E-state index contributed by atoms with van der Waals surface area (Å²) in [6.07, 6.45) is 4.13. The summed E-state index contributed by atoms with van der Waals surface area (Å²) in [6.45, 7) is 3.23. The van der Waals surface area contributed by atoms with Gasteiger partial charge in [0, 0.05) is 24.3 Å². The Morgan fingerprint density at radius 3 is 2.92 bits per heavy atom. The van der Waals surface area contributed by atoms with E-state index in [-0.39, 0.29) is 11.9 Å². The maximum absolute atomic E-state index is 12.9. The first-order valence-electron chi connectivity index (χ1n) is 7.96. The van der Waals surface area contributed by atoms with Gasteiger partial charge in [-0.2, -0.15) is 0 Å². The van der Waals surface area contributed by atoms with E-state index in [0.717, 1.165) is 28.6 Å². The van der Waals surface area contributed by atoms with Crippen LogP contribution in [0.2, 0.25) is 0 Å². The summed E-state index contributed by atoms with van der Waals surface area (Å²) in [5.41, 5.74) is 2.00. The van der Waals surface area contributed by atoms with Crippen molar-refractivity contribution in [1.29, 1.82) is 0 Å². The molecule has 1 aliphatic heterocycles. The van der Waals surface area contributed by atoms with E-state index in [1.165, 1.54) is 0 Å². The highest BCUT2D eigenvalue weighted by Crippen LogP contribution is 2.29. The topological polar surface area (TPSA) is 51.0 Å². The molecule has 0 saturated heterocycles. The number of hydrogen-bond acceptors (Lipinski definition) is 4. The fraction of sp³-hybridized carbons (Fsp3) is 0.278. The van der Waals surface area contributed by atoms with Crippen LogP contribution in [-0.2, 0) is 24.3 Å². The minimum Gasteiger partial charge on any atom is -0.331 e. The normalized spacial score (nSPS) is 16.9. The van der Waals surface area contributed by atoms with Crippen molar-refractivity contribution in [3.05, 3.63) is 70.2 Å². The first-order chi connectivity index (χ1) is 11.7. The maximum atomic E-state index is 12.9. The summed E-state index contributed by atoms with van der Waals surface area (Å²) in [7, 11) is 0. The van der Waals surface area contributed by atoms with Gasteiger partial charge in [-0.1, -0.05) is 30.3 Å². The number of thiazole rings is 1. The molecule has 3 heterocycles. The Hall–Kier alpha value is -2.47. The predicted octanol–water partition coefficient (Wildman–Crippen LogP) is 2.97. The number of carbonyl (C=O) groups excluding carboxylic acids is 1. The number of fused-ring (bicyclic) bond motifs is 1. The lowest BCUT2D eigenvalue weighted by atomic mass is 10.0. The van der Waals surface area contributed by atoms with E-state index in [9.17, 15) is 4.79 Å². The maximum Gasteiger partial charge on any atom is 0.229 e. The molecule has 0 N–H and O–H groups in total. The number of amides is 1. The summed E-state index contributed by atoms with van der Waals surface area (Å²) in [6, 6.07) is 10.2. The molecule has 2 aromatic heterocycles. The Morgan fingerprint density at radius 1 is 1.33 bits per heavy atom. The highest BCUT2D eigenvalue weighted by atomic mass is 32.1. The van der Waals surface area contributed by atoms with Crippen molar-refractivity contribution in [2.45, 2.75) is 32.5 Å². The zero-order valence-electron chi connectivity index (χ0n) is 13.4. The first-order valence-corrected chi connectivity index (χ1v) is 8.84. The second kappa shape index (κ2) is 6.20. The van der Waals surface area contributed by atoms with E-state index >= 15 is 0 Å². The van der Waals surface area contributed by atoms with Gasteiger partial charge < -0.3 is 9.47 Å². The molecule has 4 rings (SSSR count). The van der Waals surface area contributed by atoms with E-state index < -0.39 is 0 Å². The van der Waals surface area contributed by atoms with Crippen LogP contribution in [0.15, 0.2) is 48.1 Å². The number of hydrogen-bond donors (Lipinski definition) is 0. The molecule has 0 fully saturated rings. The van der Waals surface area contributed by atoms with Gasteiger partial charge in [-0.3, -0.25) is 4.79 Å². The number of rotatable bonds is 3. The van der Waals surface area contributed by atoms with E-state index in [1.54, 1.807) is 17.5 Å². The van der Waals surface area contributed by atoms with Crippen molar-refractivity contribution < 1.29 is 4.79 Å². The monoisotopic (exact) mass is 338 g/mol. The molecule has 1 atom stereocenters. The van der Waals surface area contributed by atoms with Gasteiger partial charge in [-0.25, -0.2) is 9.97 Å². The van der Waals surface area contributed by atoms with Crippen LogP contribution in [0.5, 0.6) is 0 Å². The second-order valence-corrected chi connectivity index (χ2v) is 7.04. The van der Waals surface area contributed by atoms with Gasteiger partial charge in [-0.15, -0.1) is 11.3 Å². The molecule has 1 aliphatic rings. The average Bonchev–Trinajstić information content (AvgIpc) is 3.22. The number of carbonyl (C=O) groups is 1. The SMILES string of the molecule is Cc1nc(CC(=O)N2Cc3nccn3CC2c2ccccc2)cs1. The average molecular weight is 338 g/mol. The molecule has 1 aromatic carbocycles. The van der Waals surface area contributed by atoms with Gasteiger partial charge in [0.05, 0.1) is 29.7 Å². The summed E-state index contributed by atoms with van der Waals surface area (Å²) in [5, 5.41) is 2.96. The Kier molecular flexibility index (Phi) is 3.90. The summed E-state index contributed by atoms with van der Waals surface area (Å²) >= 11 is 1.58. The molecule has 0 radical (unpaired) electrons. The lowest BCUT2D eigenvalue weighted by Gasteiger charge is -2.36. The second-order valence-electron chi connectivity index (χ2n) is 5.98. The van der Waals surface area contributed by atoms with Gasteiger partial charge in [0.1, 0.15) is 5.82 Å². The van der Waals surface area contributed by atoms with Crippen molar-refractivity contribution in [3.8, 4) is 0 Å². The molecule has 122 valence electrons. The molecule has 3 aromatic rings. The summed E-state index contributed by atoms with van der Waals surface area (Å²) < 4.78 is 2.13. The lowest BCUT2D eigenvalue weighted by Crippen LogP contribution is -2.41. The van der Waals surface area contributed by atoms with Crippen LogP contribution in [0.3, 0.4) is 0 Å². The third kappa shape index (κ3) is 2.85. The van der Waals surface area contributed by atoms with Gasteiger partial charge >= 0.3 is 0 Å². The van der Waals surface area contributed by atoms with Crippen LogP contribution < -0.4 is 0 Å². The highest BCUT2D eigenvalue weighted by Gasteiger charge is 2.31. The van der Waals surface area contributed by atoms with E-state index in [1.807, 2.05) is 41.6 Å². The van der Waals surface area contributed by atoms with Gasteiger partial charge in [0.15, 0.2) is 0 Å². The van der Waals surface area contributed by atoms with Crippen LogP contribution in [-0.4, -0.2) is 25.3 Å². The zero-order chi connectivity index (χ0) is 16.5. The molecule has 0 spiro atoms. The molecule has 24 heavy (non-hydrogen) atoms. The number of nitrogens with zero attached hydrogens (tertiary/aromatic N) is 4. The number of aryl methyl sites for hydroxylation is 1. The number of aromatic nitrogens is 3. The van der Waals surface area contributed by atoms with Crippen LogP contribution in [0.4, 0.5) is 0 Å². The standard InChI is InChI=1S/C18H18N4OS/c1-13-20-15(12-24-13)9-18(23)22-11-17-19-7-8-21(17)10-16(22)14-5-3-2-4-6-14/h2-8,12,16H,9-11H2,1H3. The molecule has 6 heteroatoms. The van der Waals surface area contributed by atoms with Crippen molar-refractivity contribution in [1.82, 2.24) is 19.4 Å². The van der Waals surface area contributed by atoms with Crippen molar-refractivity contribution in [3.63, 3.8) is 0 Å². The smallest absolute Gasteiger partial charge is 0.229 e. The molecular formula is C18H18N4OS. The van der Waals surface area contributed by atoms with Crippen LogP contribution in [0.25, 0.3) is 0 Å². The third-order valence-electron chi connectivity index (χ3n) is 4.36. The molecular weight excluding hydrogens is 320 g/mol. The zero-order valence-corrected chi connectivity index (χ0v) is 14.2. The van der Waals surface area contributed by atoms with Gasteiger partial charge in [0.2, 0.25) is 5.91 Å². The Balaban J connectivity index is 1.64. The minimum absolute atomic E-state index is 0.0279. The van der Waals surface area contributed by atoms with E-state index in [4.69, 9.17) is 0 Å². The van der Waals surface area contributed by atoms with Crippen molar-refractivity contribution >= 4 is 17.2 Å². The van der Waals surface area contributed by atoms with Gasteiger partial charge in [-0.05, 0) is 12.5 Å². The minimum atomic E-state index is 0.0279. The largest absolute Gasteiger partial charge is 0.331 e.